The summed E-state index contributed by atoms with van der Waals surface area (Å²) in [5, 5.41) is 29.1. The number of azo groups is 1. The maximum atomic E-state index is 12.9. The van der Waals surface area contributed by atoms with Crippen LogP contribution in [0.15, 0.2) is 69.7 Å². The number of thioether (sulfide) groups is 1. The highest BCUT2D eigenvalue weighted by Crippen LogP contribution is 2.41. The number of amides is 1. The van der Waals surface area contributed by atoms with Gasteiger partial charge in [0.2, 0.25) is 5.88 Å². The number of fused-ring (bicyclic) bond motifs is 1. The first-order chi connectivity index (χ1) is 19.7. The van der Waals surface area contributed by atoms with Crippen molar-refractivity contribution in [2.24, 2.45) is 10.2 Å². The summed E-state index contributed by atoms with van der Waals surface area (Å²) in [4.78, 5) is 24.9. The average molecular weight is 614 g/mol. The number of nitrogens with zero attached hydrogens (tertiary/aromatic N) is 3. The molecule has 0 aliphatic carbocycles. The molecule has 3 aromatic carbocycles. The molecule has 0 unspecified atom stereocenters. The highest BCUT2D eigenvalue weighted by Gasteiger charge is 2.20. The smallest absolute Gasteiger partial charge is 0.335 e. The summed E-state index contributed by atoms with van der Waals surface area (Å²) in [6.45, 7) is 2.74. The minimum atomic E-state index is -0.950. The first kappa shape index (κ1) is 30.4. The Hall–Kier alpha value is -3.53. The van der Waals surface area contributed by atoms with Crippen LogP contribution in [0.2, 0.25) is 10.0 Å². The van der Waals surface area contributed by atoms with Gasteiger partial charge in [-0.1, -0.05) is 61.5 Å². The number of carbonyl (C=O) groups excluding carboxylic acids is 1. The second-order valence-electron chi connectivity index (χ2n) is 9.49. The molecule has 4 aromatic rings. The Morgan fingerprint density at radius 2 is 1.78 bits per heavy atom. The summed E-state index contributed by atoms with van der Waals surface area (Å²) in [5.74, 6) is -1.03. The van der Waals surface area contributed by atoms with Crippen LogP contribution in [-0.2, 0) is 13.0 Å². The van der Waals surface area contributed by atoms with E-state index in [9.17, 15) is 14.7 Å². The monoisotopic (exact) mass is 612 g/mol. The van der Waals surface area contributed by atoms with Crippen molar-refractivity contribution in [3.05, 3.63) is 81.3 Å². The number of halogens is 2. The van der Waals surface area contributed by atoms with Crippen molar-refractivity contribution in [3.63, 3.8) is 0 Å². The molecule has 0 saturated carbocycles. The van der Waals surface area contributed by atoms with Gasteiger partial charge in [-0.25, -0.2) is 4.79 Å². The van der Waals surface area contributed by atoms with Crippen molar-refractivity contribution in [2.45, 2.75) is 50.5 Å². The Morgan fingerprint density at radius 1 is 1.02 bits per heavy atom. The fourth-order valence-electron chi connectivity index (χ4n) is 4.44. The summed E-state index contributed by atoms with van der Waals surface area (Å²) >= 11 is 13.9. The molecule has 0 spiro atoms. The summed E-state index contributed by atoms with van der Waals surface area (Å²) < 4.78 is 1.79. The normalized spacial score (nSPS) is 11.5. The van der Waals surface area contributed by atoms with Crippen molar-refractivity contribution < 1.29 is 19.8 Å². The number of nitrogens with two attached hydrogens (primary N) is 1. The van der Waals surface area contributed by atoms with Crippen molar-refractivity contribution in [2.75, 3.05) is 11.5 Å². The molecule has 0 bridgehead atoms. The van der Waals surface area contributed by atoms with Gasteiger partial charge in [-0.05, 0) is 60.9 Å². The van der Waals surface area contributed by atoms with E-state index in [4.69, 9.17) is 34.0 Å². The van der Waals surface area contributed by atoms with Crippen molar-refractivity contribution in [3.8, 4) is 5.88 Å². The lowest BCUT2D eigenvalue weighted by Gasteiger charge is -2.07. The number of rotatable bonds is 12. The Kier molecular flexibility index (Phi) is 10.3. The van der Waals surface area contributed by atoms with Crippen LogP contribution in [-0.4, -0.2) is 32.4 Å². The standard InChI is InChI=1S/C30H30Cl2N4O4S/c1-2-3-4-5-15-36-24-13-10-20(41-16-14-18-6-8-19(9-7-18)30(39)40)17-21(24)27(29(36)38)34-35-28(37)25-23(33)12-11-22(31)26(25)32/h6-13,17,38H,2-5,14-16,33H2,1H3,(H,39,40). The highest BCUT2D eigenvalue weighted by atomic mass is 35.5. The van der Waals surface area contributed by atoms with Gasteiger partial charge >= 0.3 is 5.97 Å². The molecule has 0 saturated heterocycles. The van der Waals surface area contributed by atoms with Gasteiger partial charge in [-0.3, -0.25) is 4.79 Å². The average Bonchev–Trinajstić information content (AvgIpc) is 3.22. The molecule has 1 aromatic heterocycles. The largest absolute Gasteiger partial charge is 0.493 e. The van der Waals surface area contributed by atoms with Crippen LogP contribution < -0.4 is 5.73 Å². The van der Waals surface area contributed by atoms with Crippen LogP contribution in [0, 0.1) is 0 Å². The molecule has 4 N–H and O–H groups in total. The quantitative estimate of drug-likeness (QED) is 0.0634. The SMILES string of the molecule is CCCCCCn1c(O)c(N=NC(=O)c2c(N)ccc(Cl)c2Cl)c2cc(SCCc3ccc(C(=O)O)cc3)ccc21. The fraction of sp³-hybridized carbons (Fsp3) is 0.267. The number of aryl methyl sites for hydroxylation is 2. The zero-order chi connectivity index (χ0) is 29.5. The maximum absolute atomic E-state index is 12.9. The summed E-state index contributed by atoms with van der Waals surface area (Å²) in [6, 6.07) is 15.7. The number of anilines is 1. The third kappa shape index (κ3) is 7.22. The van der Waals surface area contributed by atoms with E-state index < -0.39 is 11.9 Å². The third-order valence-electron chi connectivity index (χ3n) is 6.66. The molecule has 41 heavy (non-hydrogen) atoms. The molecular weight excluding hydrogens is 583 g/mol. The molecule has 11 heteroatoms. The third-order valence-corrected chi connectivity index (χ3v) is 8.46. The van der Waals surface area contributed by atoms with Crippen LogP contribution in [0.5, 0.6) is 5.88 Å². The van der Waals surface area contributed by atoms with Gasteiger partial charge in [-0.15, -0.1) is 22.0 Å². The number of carbonyl (C=O) groups is 2. The van der Waals surface area contributed by atoms with Gasteiger partial charge in [0.25, 0.3) is 5.91 Å². The predicted octanol–water partition coefficient (Wildman–Crippen LogP) is 8.77. The Balaban J connectivity index is 1.61. The van der Waals surface area contributed by atoms with Crippen LogP contribution in [0.4, 0.5) is 11.4 Å². The van der Waals surface area contributed by atoms with Crippen LogP contribution in [0.3, 0.4) is 0 Å². The number of hydrogen-bond donors (Lipinski definition) is 3. The van der Waals surface area contributed by atoms with E-state index in [0.717, 1.165) is 53.8 Å². The number of aromatic hydroxyl groups is 1. The van der Waals surface area contributed by atoms with Crippen LogP contribution >= 0.6 is 35.0 Å². The first-order valence-electron chi connectivity index (χ1n) is 13.2. The number of carboxylic acids is 1. The van der Waals surface area contributed by atoms with E-state index in [2.05, 4.69) is 17.2 Å². The molecule has 0 atom stereocenters. The predicted molar refractivity (Wildman–Crippen MR) is 165 cm³/mol. The van der Waals surface area contributed by atoms with Gasteiger partial charge in [-0.2, -0.15) is 0 Å². The van der Waals surface area contributed by atoms with Crippen molar-refractivity contribution in [1.29, 1.82) is 0 Å². The molecule has 0 aliphatic heterocycles. The van der Waals surface area contributed by atoms with Crippen molar-refractivity contribution in [1.82, 2.24) is 4.57 Å². The Labute approximate surface area is 252 Å². The van der Waals surface area contributed by atoms with Crippen LogP contribution in [0.25, 0.3) is 10.9 Å². The van der Waals surface area contributed by atoms with E-state index in [-0.39, 0.29) is 38.4 Å². The number of benzene rings is 3. The zero-order valence-corrected chi connectivity index (χ0v) is 24.8. The van der Waals surface area contributed by atoms with Gasteiger partial charge in [0.15, 0.2) is 5.69 Å². The minimum Gasteiger partial charge on any atom is -0.493 e. The Bertz CT molecular complexity index is 1600. The molecule has 0 radical (unpaired) electrons. The number of unbranched alkanes of at least 4 members (excludes halogenated alkanes) is 3. The number of aromatic carboxylic acids is 1. The molecule has 8 nitrogen and oxygen atoms in total. The van der Waals surface area contributed by atoms with Gasteiger partial charge in [0.1, 0.15) is 0 Å². The van der Waals surface area contributed by atoms with Gasteiger partial charge in [0, 0.05) is 28.3 Å². The summed E-state index contributed by atoms with van der Waals surface area (Å²) in [7, 11) is 0. The molecular formula is C30H30Cl2N4O4S. The Morgan fingerprint density at radius 3 is 2.49 bits per heavy atom. The fourth-order valence-corrected chi connectivity index (χ4v) is 5.79. The van der Waals surface area contributed by atoms with E-state index in [1.807, 2.05) is 30.3 Å². The van der Waals surface area contributed by atoms with Crippen molar-refractivity contribution >= 4 is 69.1 Å². The summed E-state index contributed by atoms with van der Waals surface area (Å²) in [5.41, 5.74) is 8.29. The molecule has 214 valence electrons. The topological polar surface area (TPSA) is 130 Å². The second-order valence-corrected chi connectivity index (χ2v) is 11.4. The van der Waals surface area contributed by atoms with E-state index in [1.54, 1.807) is 28.5 Å². The second kappa shape index (κ2) is 13.9. The van der Waals surface area contributed by atoms with E-state index in [1.165, 1.54) is 12.1 Å². The van der Waals surface area contributed by atoms with E-state index in [0.29, 0.717) is 11.9 Å². The molecule has 4 rings (SSSR count). The lowest BCUT2D eigenvalue weighted by atomic mass is 10.1. The lowest BCUT2D eigenvalue weighted by Crippen LogP contribution is -2.02. The maximum Gasteiger partial charge on any atom is 0.335 e. The highest BCUT2D eigenvalue weighted by molar-refractivity contribution is 7.99. The first-order valence-corrected chi connectivity index (χ1v) is 14.9. The molecule has 1 amide bonds. The summed E-state index contributed by atoms with van der Waals surface area (Å²) in [6.07, 6.45) is 4.85. The number of hydrogen-bond acceptors (Lipinski definition) is 6. The van der Waals surface area contributed by atoms with Gasteiger partial charge in [0.05, 0.1) is 26.7 Å². The minimum absolute atomic E-state index is 0.00511. The van der Waals surface area contributed by atoms with Gasteiger partial charge < -0.3 is 20.5 Å². The molecule has 0 aliphatic rings. The van der Waals surface area contributed by atoms with Crippen LogP contribution in [0.1, 0.15) is 58.9 Å². The lowest BCUT2D eigenvalue weighted by molar-refractivity contribution is 0.0696. The number of nitrogen functional groups attached to an aromatic ring is 1. The number of carboxylic acid groups (broad SMARTS) is 1. The van der Waals surface area contributed by atoms with E-state index >= 15 is 0 Å². The molecule has 0 fully saturated rings. The molecule has 1 heterocycles. The number of aromatic nitrogens is 1. The zero-order valence-electron chi connectivity index (χ0n) is 22.4.